The van der Waals surface area contributed by atoms with Gasteiger partial charge in [0, 0.05) is 12.6 Å². The molecule has 94 valence electrons. The molecule has 2 heterocycles. The van der Waals surface area contributed by atoms with Gasteiger partial charge in [0.15, 0.2) is 0 Å². The zero-order chi connectivity index (χ0) is 12.4. The van der Waals surface area contributed by atoms with Crippen LogP contribution in [-0.4, -0.2) is 24.7 Å². The predicted octanol–water partition coefficient (Wildman–Crippen LogP) is 2.30. The molecule has 0 saturated carbocycles. The van der Waals surface area contributed by atoms with Gasteiger partial charge in [0.1, 0.15) is 5.82 Å². The van der Waals surface area contributed by atoms with E-state index in [4.69, 9.17) is 10.5 Å². The van der Waals surface area contributed by atoms with Gasteiger partial charge in [0.25, 0.3) is 0 Å². The van der Waals surface area contributed by atoms with E-state index in [9.17, 15) is 0 Å². The van der Waals surface area contributed by atoms with Crippen LogP contribution in [0.4, 0.5) is 11.5 Å². The number of nitrogen functional groups attached to an aromatic ring is 1. The minimum Gasteiger partial charge on any atom is -0.479 e. The fourth-order valence-corrected chi connectivity index (χ4v) is 2.37. The molecule has 0 aromatic carbocycles. The summed E-state index contributed by atoms with van der Waals surface area (Å²) < 4.78 is 5.18. The molecule has 0 spiro atoms. The summed E-state index contributed by atoms with van der Waals surface area (Å²) in [6.45, 7) is 5.59. The van der Waals surface area contributed by atoms with Crippen LogP contribution >= 0.6 is 0 Å². The number of anilines is 2. The van der Waals surface area contributed by atoms with Crippen molar-refractivity contribution in [3.63, 3.8) is 0 Å². The van der Waals surface area contributed by atoms with E-state index in [1.54, 1.807) is 7.11 Å². The number of rotatable bonds is 2. The second kappa shape index (κ2) is 4.82. The van der Waals surface area contributed by atoms with Crippen molar-refractivity contribution in [1.82, 2.24) is 4.98 Å². The lowest BCUT2D eigenvalue weighted by atomic mass is 9.95. The lowest BCUT2D eigenvalue weighted by Crippen LogP contribution is -2.41. The highest BCUT2D eigenvalue weighted by atomic mass is 16.5. The van der Waals surface area contributed by atoms with Crippen LogP contribution in [0.3, 0.4) is 0 Å². The first-order chi connectivity index (χ1) is 8.11. The molecule has 1 aliphatic rings. The quantitative estimate of drug-likeness (QED) is 0.854. The van der Waals surface area contributed by atoms with Crippen molar-refractivity contribution in [1.29, 1.82) is 0 Å². The van der Waals surface area contributed by atoms with Crippen molar-refractivity contribution in [2.45, 2.75) is 32.7 Å². The molecule has 1 aromatic heterocycles. The van der Waals surface area contributed by atoms with Crippen molar-refractivity contribution in [2.75, 3.05) is 24.3 Å². The molecular formula is C13H21N3O. The van der Waals surface area contributed by atoms with E-state index in [1.165, 1.54) is 12.8 Å². The maximum Gasteiger partial charge on any atom is 0.238 e. The van der Waals surface area contributed by atoms with Crippen molar-refractivity contribution in [3.8, 4) is 5.88 Å². The Bertz CT molecular complexity index is 394. The smallest absolute Gasteiger partial charge is 0.238 e. The summed E-state index contributed by atoms with van der Waals surface area (Å²) in [7, 11) is 1.60. The molecule has 1 aliphatic heterocycles. The van der Waals surface area contributed by atoms with E-state index in [2.05, 4.69) is 23.7 Å². The predicted molar refractivity (Wildman–Crippen MR) is 70.4 cm³/mol. The molecule has 2 unspecified atom stereocenters. The van der Waals surface area contributed by atoms with Crippen LogP contribution < -0.4 is 15.4 Å². The van der Waals surface area contributed by atoms with Gasteiger partial charge < -0.3 is 15.4 Å². The Morgan fingerprint density at radius 1 is 1.35 bits per heavy atom. The Hall–Kier alpha value is -1.45. The number of aromatic nitrogens is 1. The highest BCUT2D eigenvalue weighted by Gasteiger charge is 2.24. The Morgan fingerprint density at radius 2 is 2.12 bits per heavy atom. The number of piperidine rings is 1. The third-order valence-electron chi connectivity index (χ3n) is 3.48. The first kappa shape index (κ1) is 12.0. The molecule has 17 heavy (non-hydrogen) atoms. The molecule has 0 radical (unpaired) electrons. The lowest BCUT2D eigenvalue weighted by Gasteiger charge is -2.37. The molecule has 0 amide bonds. The maximum absolute atomic E-state index is 5.79. The summed E-state index contributed by atoms with van der Waals surface area (Å²) >= 11 is 0. The highest BCUT2D eigenvalue weighted by Crippen LogP contribution is 2.29. The second-order valence-electron chi connectivity index (χ2n) is 4.95. The van der Waals surface area contributed by atoms with E-state index in [1.807, 2.05) is 12.1 Å². The number of hydrogen-bond acceptors (Lipinski definition) is 4. The summed E-state index contributed by atoms with van der Waals surface area (Å²) in [5, 5.41) is 0. The molecule has 2 rings (SSSR count). The molecule has 4 heteroatoms. The summed E-state index contributed by atoms with van der Waals surface area (Å²) in [6.07, 6.45) is 2.51. The van der Waals surface area contributed by atoms with E-state index >= 15 is 0 Å². The molecule has 2 atom stereocenters. The minimum atomic E-state index is 0.521. The zero-order valence-electron chi connectivity index (χ0n) is 10.8. The summed E-state index contributed by atoms with van der Waals surface area (Å²) in [6, 6.07) is 4.38. The molecule has 0 bridgehead atoms. The lowest BCUT2D eigenvalue weighted by molar-refractivity contribution is 0.380. The first-order valence-electron chi connectivity index (χ1n) is 6.19. The van der Waals surface area contributed by atoms with Crippen LogP contribution in [0.1, 0.15) is 26.7 Å². The van der Waals surface area contributed by atoms with Gasteiger partial charge in [0.2, 0.25) is 5.88 Å². The average molecular weight is 235 g/mol. The van der Waals surface area contributed by atoms with E-state index in [-0.39, 0.29) is 0 Å². The number of nitrogens with zero attached hydrogens (tertiary/aromatic N) is 2. The third kappa shape index (κ3) is 2.46. The van der Waals surface area contributed by atoms with E-state index in [0.717, 1.165) is 18.3 Å². The van der Waals surface area contributed by atoms with Crippen LogP contribution in [0.2, 0.25) is 0 Å². The SMILES string of the molecule is COc1nc(N2CC(C)CCC2C)ccc1N. The van der Waals surface area contributed by atoms with Gasteiger partial charge in [-0.3, -0.25) is 0 Å². The standard InChI is InChI=1S/C13H21N3O/c1-9-4-5-10(2)16(8-9)12-7-6-11(14)13(15-12)17-3/h6-7,9-10H,4-5,8,14H2,1-3H3. The Balaban J connectivity index is 2.26. The molecule has 1 saturated heterocycles. The van der Waals surface area contributed by atoms with Crippen molar-refractivity contribution in [2.24, 2.45) is 5.92 Å². The second-order valence-corrected chi connectivity index (χ2v) is 4.95. The number of pyridine rings is 1. The molecule has 1 fully saturated rings. The van der Waals surface area contributed by atoms with E-state index < -0.39 is 0 Å². The monoisotopic (exact) mass is 235 g/mol. The largest absolute Gasteiger partial charge is 0.479 e. The highest BCUT2D eigenvalue weighted by molar-refractivity contribution is 5.55. The summed E-state index contributed by atoms with van der Waals surface area (Å²) in [4.78, 5) is 6.82. The van der Waals surface area contributed by atoms with Crippen molar-refractivity contribution in [3.05, 3.63) is 12.1 Å². The van der Waals surface area contributed by atoms with Gasteiger partial charge >= 0.3 is 0 Å². The van der Waals surface area contributed by atoms with Gasteiger partial charge in [0.05, 0.1) is 12.8 Å². The Morgan fingerprint density at radius 3 is 2.82 bits per heavy atom. The minimum absolute atomic E-state index is 0.521. The van der Waals surface area contributed by atoms with Gasteiger partial charge in [-0.1, -0.05) is 6.92 Å². The third-order valence-corrected chi connectivity index (χ3v) is 3.48. The molecular weight excluding hydrogens is 214 g/mol. The normalized spacial score (nSPS) is 24.8. The molecule has 0 aliphatic carbocycles. The number of methoxy groups -OCH3 is 1. The Labute approximate surface area is 103 Å². The van der Waals surface area contributed by atoms with Crippen LogP contribution in [0.25, 0.3) is 0 Å². The summed E-state index contributed by atoms with van der Waals surface area (Å²) in [5.41, 5.74) is 6.38. The van der Waals surface area contributed by atoms with Gasteiger partial charge in [-0.2, -0.15) is 4.98 Å². The summed E-state index contributed by atoms with van der Waals surface area (Å²) in [5.74, 6) is 2.21. The molecule has 2 N–H and O–H groups in total. The fourth-order valence-electron chi connectivity index (χ4n) is 2.37. The van der Waals surface area contributed by atoms with Crippen molar-refractivity contribution >= 4 is 11.5 Å². The van der Waals surface area contributed by atoms with Gasteiger partial charge in [-0.05, 0) is 37.8 Å². The van der Waals surface area contributed by atoms with Crippen LogP contribution in [0, 0.1) is 5.92 Å². The van der Waals surface area contributed by atoms with Gasteiger partial charge in [-0.15, -0.1) is 0 Å². The maximum atomic E-state index is 5.79. The molecule has 4 nitrogen and oxygen atoms in total. The van der Waals surface area contributed by atoms with Crippen LogP contribution in [0.15, 0.2) is 12.1 Å². The number of nitrogens with two attached hydrogens (primary N) is 1. The average Bonchev–Trinajstić information content (AvgIpc) is 2.33. The topological polar surface area (TPSA) is 51.4 Å². The fraction of sp³-hybridized carbons (Fsp3) is 0.615. The number of ether oxygens (including phenoxy) is 1. The van der Waals surface area contributed by atoms with E-state index in [0.29, 0.717) is 17.6 Å². The Kier molecular flexibility index (Phi) is 3.41. The van der Waals surface area contributed by atoms with Crippen molar-refractivity contribution < 1.29 is 4.74 Å². The van der Waals surface area contributed by atoms with Crippen LogP contribution in [-0.2, 0) is 0 Å². The first-order valence-corrected chi connectivity index (χ1v) is 6.19. The van der Waals surface area contributed by atoms with Gasteiger partial charge in [-0.25, -0.2) is 0 Å². The van der Waals surface area contributed by atoms with Crippen LogP contribution in [0.5, 0.6) is 5.88 Å². The number of hydrogen-bond donors (Lipinski definition) is 1. The zero-order valence-corrected chi connectivity index (χ0v) is 10.8. The molecule has 1 aromatic rings.